The van der Waals surface area contributed by atoms with Crippen LogP contribution in [0.4, 0.5) is 0 Å². The number of hydrazine groups is 1. The minimum Gasteiger partial charge on any atom is -0.486 e. The number of nitrogens with one attached hydrogen (secondary N) is 1. The third-order valence-electron chi connectivity index (χ3n) is 2.71. The zero-order chi connectivity index (χ0) is 15.6. The fourth-order valence-electron chi connectivity index (χ4n) is 1.66. The van der Waals surface area contributed by atoms with Crippen molar-refractivity contribution in [1.82, 2.24) is 5.43 Å². The number of carbonyl (C=O) groups excluding carboxylic acids is 1. The molecule has 1 aromatic carbocycles. The van der Waals surface area contributed by atoms with Crippen LogP contribution in [-0.4, -0.2) is 5.91 Å². The summed E-state index contributed by atoms with van der Waals surface area (Å²) in [5.74, 6) is 5.13. The summed E-state index contributed by atoms with van der Waals surface area (Å²) in [4.78, 5) is 12.9. The standard InChI is InChI=1S/C13H11Cl3N2O2S/c1-6-7(2-11(21-6)13(19)18-17)5-20-12-9(15)3-8(14)4-10(12)16/h2-4H,5,17H2,1H3,(H,18,19). The van der Waals surface area contributed by atoms with Crippen molar-refractivity contribution in [2.45, 2.75) is 13.5 Å². The van der Waals surface area contributed by atoms with Gasteiger partial charge in [-0.05, 0) is 25.1 Å². The van der Waals surface area contributed by atoms with Gasteiger partial charge in [0.1, 0.15) is 6.61 Å². The van der Waals surface area contributed by atoms with Crippen molar-refractivity contribution in [3.05, 3.63) is 48.6 Å². The number of hydrogen-bond acceptors (Lipinski definition) is 4. The summed E-state index contributed by atoms with van der Waals surface area (Å²) in [5.41, 5.74) is 2.96. The minimum atomic E-state index is -0.336. The predicted octanol–water partition coefficient (Wildman–Crippen LogP) is 4.20. The summed E-state index contributed by atoms with van der Waals surface area (Å²) in [6.45, 7) is 2.13. The van der Waals surface area contributed by atoms with E-state index in [0.717, 1.165) is 10.4 Å². The fraction of sp³-hybridized carbons (Fsp3) is 0.154. The van der Waals surface area contributed by atoms with E-state index in [4.69, 9.17) is 45.4 Å². The van der Waals surface area contributed by atoms with Crippen molar-refractivity contribution < 1.29 is 9.53 Å². The van der Waals surface area contributed by atoms with Crippen LogP contribution in [0.25, 0.3) is 0 Å². The van der Waals surface area contributed by atoms with E-state index in [1.807, 2.05) is 6.92 Å². The lowest BCUT2D eigenvalue weighted by Crippen LogP contribution is -2.29. The maximum atomic E-state index is 11.5. The average Bonchev–Trinajstić information content (AvgIpc) is 2.78. The Bertz CT molecular complexity index is 665. The van der Waals surface area contributed by atoms with E-state index >= 15 is 0 Å². The molecule has 0 saturated carbocycles. The molecule has 112 valence electrons. The number of benzene rings is 1. The number of nitrogen functional groups attached to an aromatic ring is 1. The van der Waals surface area contributed by atoms with Crippen LogP contribution < -0.4 is 16.0 Å². The number of carbonyl (C=O) groups is 1. The van der Waals surface area contributed by atoms with E-state index in [2.05, 4.69) is 5.43 Å². The van der Waals surface area contributed by atoms with E-state index in [0.29, 0.717) is 25.7 Å². The van der Waals surface area contributed by atoms with Gasteiger partial charge in [-0.3, -0.25) is 10.2 Å². The highest BCUT2D eigenvalue weighted by molar-refractivity contribution is 7.14. The van der Waals surface area contributed by atoms with Crippen LogP contribution in [0.2, 0.25) is 15.1 Å². The maximum Gasteiger partial charge on any atom is 0.275 e. The first-order valence-electron chi connectivity index (χ1n) is 5.80. The van der Waals surface area contributed by atoms with Gasteiger partial charge in [0.2, 0.25) is 0 Å². The smallest absolute Gasteiger partial charge is 0.275 e. The minimum absolute atomic E-state index is 0.237. The number of nitrogens with two attached hydrogens (primary N) is 1. The Morgan fingerprint density at radius 3 is 2.48 bits per heavy atom. The molecule has 0 aliphatic heterocycles. The zero-order valence-electron chi connectivity index (χ0n) is 10.9. The molecule has 0 fully saturated rings. The van der Waals surface area contributed by atoms with E-state index in [1.54, 1.807) is 18.2 Å². The zero-order valence-corrected chi connectivity index (χ0v) is 14.0. The third-order valence-corrected chi connectivity index (χ3v) is 4.58. The Morgan fingerprint density at radius 2 is 1.90 bits per heavy atom. The molecule has 0 radical (unpaired) electrons. The number of halogens is 3. The molecule has 8 heteroatoms. The lowest BCUT2D eigenvalue weighted by molar-refractivity contribution is 0.0957. The van der Waals surface area contributed by atoms with E-state index < -0.39 is 0 Å². The molecular formula is C13H11Cl3N2O2S. The molecule has 21 heavy (non-hydrogen) atoms. The quantitative estimate of drug-likeness (QED) is 0.485. The van der Waals surface area contributed by atoms with Crippen LogP contribution in [0.3, 0.4) is 0 Å². The maximum absolute atomic E-state index is 11.5. The van der Waals surface area contributed by atoms with Crippen LogP contribution in [0.5, 0.6) is 5.75 Å². The average molecular weight is 366 g/mol. The SMILES string of the molecule is Cc1sc(C(=O)NN)cc1COc1c(Cl)cc(Cl)cc1Cl. The van der Waals surface area contributed by atoms with Crippen molar-refractivity contribution in [1.29, 1.82) is 0 Å². The van der Waals surface area contributed by atoms with Gasteiger partial charge >= 0.3 is 0 Å². The number of hydrogen-bond donors (Lipinski definition) is 2. The van der Waals surface area contributed by atoms with Crippen LogP contribution in [-0.2, 0) is 6.61 Å². The van der Waals surface area contributed by atoms with Crippen LogP contribution in [0, 0.1) is 6.92 Å². The number of ether oxygens (including phenoxy) is 1. The normalized spacial score (nSPS) is 10.5. The summed E-state index contributed by atoms with van der Waals surface area (Å²) >= 11 is 19.3. The van der Waals surface area contributed by atoms with Gasteiger partial charge < -0.3 is 4.74 Å². The van der Waals surface area contributed by atoms with E-state index in [-0.39, 0.29) is 12.5 Å². The Morgan fingerprint density at radius 1 is 1.29 bits per heavy atom. The Kier molecular flexibility index (Phi) is 5.35. The van der Waals surface area contributed by atoms with Crippen LogP contribution >= 0.6 is 46.1 Å². The van der Waals surface area contributed by atoms with Gasteiger partial charge in [-0.25, -0.2) is 5.84 Å². The Labute approximate surface area is 140 Å². The Hall–Kier alpha value is -0.980. The van der Waals surface area contributed by atoms with Gasteiger partial charge in [0.25, 0.3) is 5.91 Å². The van der Waals surface area contributed by atoms with Crippen molar-refractivity contribution in [3.8, 4) is 5.75 Å². The molecule has 0 bridgehead atoms. The molecule has 0 spiro atoms. The molecule has 0 aliphatic carbocycles. The van der Waals surface area contributed by atoms with Crippen molar-refractivity contribution in [3.63, 3.8) is 0 Å². The second kappa shape index (κ2) is 6.85. The molecule has 0 aliphatic rings. The first-order chi connectivity index (χ1) is 9.92. The second-order valence-electron chi connectivity index (χ2n) is 4.15. The second-order valence-corrected chi connectivity index (χ2v) is 6.66. The number of amides is 1. The molecule has 0 saturated heterocycles. The highest BCUT2D eigenvalue weighted by Gasteiger charge is 2.14. The van der Waals surface area contributed by atoms with E-state index in [9.17, 15) is 4.79 Å². The first-order valence-corrected chi connectivity index (χ1v) is 7.75. The van der Waals surface area contributed by atoms with Gasteiger partial charge in [0.15, 0.2) is 5.75 Å². The van der Waals surface area contributed by atoms with Gasteiger partial charge in [-0.2, -0.15) is 0 Å². The van der Waals surface area contributed by atoms with Crippen molar-refractivity contribution in [2.75, 3.05) is 0 Å². The summed E-state index contributed by atoms with van der Waals surface area (Å²) in [6, 6.07) is 4.83. The monoisotopic (exact) mass is 364 g/mol. The highest BCUT2D eigenvalue weighted by Crippen LogP contribution is 2.36. The van der Waals surface area contributed by atoms with Gasteiger partial charge in [0, 0.05) is 15.5 Å². The third kappa shape index (κ3) is 3.81. The Balaban J connectivity index is 2.17. The summed E-state index contributed by atoms with van der Waals surface area (Å²) in [7, 11) is 0. The molecule has 0 atom stereocenters. The molecule has 3 N–H and O–H groups in total. The van der Waals surface area contributed by atoms with E-state index in [1.165, 1.54) is 11.3 Å². The topological polar surface area (TPSA) is 64.4 Å². The van der Waals surface area contributed by atoms with Gasteiger partial charge in [0.05, 0.1) is 14.9 Å². The molecule has 1 amide bonds. The predicted molar refractivity (Wildman–Crippen MR) is 86.5 cm³/mol. The van der Waals surface area contributed by atoms with Crippen molar-refractivity contribution in [2.24, 2.45) is 5.84 Å². The molecular weight excluding hydrogens is 355 g/mol. The molecule has 4 nitrogen and oxygen atoms in total. The van der Waals surface area contributed by atoms with Crippen LogP contribution in [0.1, 0.15) is 20.1 Å². The number of rotatable bonds is 4. The molecule has 1 aromatic heterocycles. The molecule has 2 aromatic rings. The molecule has 2 rings (SSSR count). The molecule has 0 unspecified atom stereocenters. The number of aryl methyl sites for hydroxylation is 1. The summed E-state index contributed by atoms with van der Waals surface area (Å²) < 4.78 is 5.64. The largest absolute Gasteiger partial charge is 0.486 e. The first kappa shape index (κ1) is 16.4. The fourth-order valence-corrected chi connectivity index (χ4v) is 3.52. The van der Waals surface area contributed by atoms with Gasteiger partial charge in [-0.15, -0.1) is 11.3 Å². The lowest BCUT2D eigenvalue weighted by Gasteiger charge is -2.10. The molecule has 1 heterocycles. The lowest BCUT2D eigenvalue weighted by atomic mass is 10.2. The van der Waals surface area contributed by atoms with Crippen LogP contribution in [0.15, 0.2) is 18.2 Å². The summed E-state index contributed by atoms with van der Waals surface area (Å²) in [6.07, 6.45) is 0. The number of thiophene rings is 1. The highest BCUT2D eigenvalue weighted by atomic mass is 35.5. The van der Waals surface area contributed by atoms with Crippen molar-refractivity contribution >= 4 is 52.0 Å². The van der Waals surface area contributed by atoms with Gasteiger partial charge in [-0.1, -0.05) is 34.8 Å². The summed E-state index contributed by atoms with van der Waals surface area (Å²) in [5, 5.41) is 1.10.